The summed E-state index contributed by atoms with van der Waals surface area (Å²) in [6.45, 7) is 1.73. The summed E-state index contributed by atoms with van der Waals surface area (Å²) in [5.74, 6) is 1.74. The minimum Gasteiger partial charge on any atom is -0.493 e. The van der Waals surface area contributed by atoms with Crippen molar-refractivity contribution in [3.8, 4) is 11.5 Å². The van der Waals surface area contributed by atoms with E-state index < -0.39 is 0 Å². The SMILES string of the molecule is COc1cc2c(cc1OC)[C@H]1CCN3C(=O)c4ccccc4[C@H]3N1CC2. The number of fused-ring (bicyclic) bond motifs is 7. The van der Waals surface area contributed by atoms with E-state index in [2.05, 4.69) is 23.1 Å². The van der Waals surface area contributed by atoms with Gasteiger partial charge in [0.15, 0.2) is 11.5 Å². The Hall–Kier alpha value is -2.53. The van der Waals surface area contributed by atoms with E-state index >= 15 is 0 Å². The van der Waals surface area contributed by atoms with E-state index in [1.807, 2.05) is 23.1 Å². The minimum atomic E-state index is 0.0543. The number of hydrogen-bond acceptors (Lipinski definition) is 4. The van der Waals surface area contributed by atoms with Crippen LogP contribution in [0.2, 0.25) is 0 Å². The van der Waals surface area contributed by atoms with Gasteiger partial charge in [-0.25, -0.2) is 0 Å². The van der Waals surface area contributed by atoms with Crippen LogP contribution in [0.5, 0.6) is 11.5 Å². The van der Waals surface area contributed by atoms with E-state index in [0.717, 1.165) is 48.6 Å². The monoisotopic (exact) mass is 350 g/mol. The number of methoxy groups -OCH3 is 2. The summed E-state index contributed by atoms with van der Waals surface area (Å²) in [7, 11) is 3.36. The average Bonchev–Trinajstić information content (AvgIpc) is 2.99. The van der Waals surface area contributed by atoms with Crippen molar-refractivity contribution in [2.45, 2.75) is 25.0 Å². The average molecular weight is 350 g/mol. The van der Waals surface area contributed by atoms with Crippen LogP contribution in [0.3, 0.4) is 0 Å². The lowest BCUT2D eigenvalue weighted by Gasteiger charge is -2.48. The number of nitrogens with zero attached hydrogens (tertiary/aromatic N) is 2. The number of amides is 1. The molecule has 1 fully saturated rings. The first kappa shape index (κ1) is 15.7. The Balaban J connectivity index is 1.59. The third-order valence-electron chi connectivity index (χ3n) is 6.03. The molecule has 2 aromatic carbocycles. The van der Waals surface area contributed by atoms with Crippen molar-refractivity contribution < 1.29 is 14.3 Å². The quantitative estimate of drug-likeness (QED) is 0.834. The summed E-state index contributed by atoms with van der Waals surface area (Å²) in [5, 5.41) is 0. The molecule has 0 radical (unpaired) electrons. The minimum absolute atomic E-state index is 0.0543. The topological polar surface area (TPSA) is 42.0 Å². The van der Waals surface area contributed by atoms with Crippen molar-refractivity contribution in [3.05, 3.63) is 58.7 Å². The molecule has 2 atom stereocenters. The van der Waals surface area contributed by atoms with Crippen molar-refractivity contribution in [3.63, 3.8) is 0 Å². The van der Waals surface area contributed by atoms with Gasteiger partial charge in [-0.05, 0) is 42.2 Å². The highest BCUT2D eigenvalue weighted by atomic mass is 16.5. The molecule has 1 amide bonds. The van der Waals surface area contributed by atoms with Gasteiger partial charge >= 0.3 is 0 Å². The fraction of sp³-hybridized carbons (Fsp3) is 0.381. The number of carbonyl (C=O) groups is 1. The predicted octanol–water partition coefficient (Wildman–Crippen LogP) is 3.16. The Labute approximate surface area is 153 Å². The molecule has 26 heavy (non-hydrogen) atoms. The van der Waals surface area contributed by atoms with Crippen molar-refractivity contribution >= 4 is 5.91 Å². The van der Waals surface area contributed by atoms with Gasteiger partial charge in [-0.2, -0.15) is 0 Å². The maximum atomic E-state index is 12.8. The highest BCUT2D eigenvalue weighted by molar-refractivity contribution is 5.99. The normalized spacial score (nSPS) is 23.8. The molecule has 5 heteroatoms. The second kappa shape index (κ2) is 5.74. The molecule has 3 aliphatic rings. The van der Waals surface area contributed by atoms with Crippen LogP contribution in [0, 0.1) is 0 Å². The van der Waals surface area contributed by atoms with E-state index in [-0.39, 0.29) is 12.1 Å². The fourth-order valence-electron chi connectivity index (χ4n) is 4.86. The third-order valence-corrected chi connectivity index (χ3v) is 6.03. The zero-order valence-corrected chi connectivity index (χ0v) is 15.1. The zero-order valence-electron chi connectivity index (χ0n) is 15.1. The number of hydrogen-bond donors (Lipinski definition) is 0. The lowest BCUT2D eigenvalue weighted by molar-refractivity contribution is -0.0205. The van der Waals surface area contributed by atoms with Gasteiger partial charge in [-0.1, -0.05) is 18.2 Å². The highest BCUT2D eigenvalue weighted by Gasteiger charge is 2.47. The van der Waals surface area contributed by atoms with Gasteiger partial charge in [0.1, 0.15) is 6.17 Å². The van der Waals surface area contributed by atoms with Crippen molar-refractivity contribution in [2.75, 3.05) is 27.3 Å². The van der Waals surface area contributed by atoms with Crippen LogP contribution < -0.4 is 9.47 Å². The maximum Gasteiger partial charge on any atom is 0.255 e. The Morgan fingerprint density at radius 2 is 1.77 bits per heavy atom. The lowest BCUT2D eigenvalue weighted by atomic mass is 9.87. The van der Waals surface area contributed by atoms with Crippen LogP contribution in [0.1, 0.15) is 45.7 Å². The Morgan fingerprint density at radius 3 is 2.58 bits per heavy atom. The summed E-state index contributed by atoms with van der Waals surface area (Å²) in [6.07, 6.45) is 1.95. The van der Waals surface area contributed by atoms with Crippen molar-refractivity contribution in [1.82, 2.24) is 9.80 Å². The Kier molecular flexibility index (Phi) is 3.47. The van der Waals surface area contributed by atoms with Crippen LogP contribution in [-0.2, 0) is 6.42 Å². The standard InChI is InChI=1S/C21H22N2O3/c1-25-18-11-13-7-9-22-17(16(13)12-19(18)26-2)8-10-23-20(22)14-5-3-4-6-15(14)21(23)24/h3-6,11-12,17,20H,7-10H2,1-2H3/t17-,20+/m1/s1. The van der Waals surface area contributed by atoms with Gasteiger partial charge in [0.25, 0.3) is 5.91 Å². The van der Waals surface area contributed by atoms with E-state index in [1.54, 1.807) is 14.2 Å². The third kappa shape index (κ3) is 2.04. The number of rotatable bonds is 2. The predicted molar refractivity (Wildman–Crippen MR) is 97.5 cm³/mol. The van der Waals surface area contributed by atoms with E-state index in [0.29, 0.717) is 6.04 Å². The largest absolute Gasteiger partial charge is 0.493 e. The molecule has 134 valence electrons. The molecule has 0 saturated carbocycles. The molecule has 3 aliphatic heterocycles. The first-order valence-corrected chi connectivity index (χ1v) is 9.13. The summed E-state index contributed by atoms with van der Waals surface area (Å²) >= 11 is 0. The molecule has 2 aromatic rings. The summed E-state index contributed by atoms with van der Waals surface area (Å²) in [5.41, 5.74) is 4.64. The first-order valence-electron chi connectivity index (χ1n) is 9.13. The molecule has 0 aliphatic carbocycles. The summed E-state index contributed by atoms with van der Waals surface area (Å²) in [6, 6.07) is 12.6. The maximum absolute atomic E-state index is 12.8. The fourth-order valence-corrected chi connectivity index (χ4v) is 4.86. The molecular formula is C21H22N2O3. The van der Waals surface area contributed by atoms with Crippen LogP contribution >= 0.6 is 0 Å². The van der Waals surface area contributed by atoms with Crippen LogP contribution in [0.4, 0.5) is 0 Å². The van der Waals surface area contributed by atoms with E-state index in [1.165, 1.54) is 11.1 Å². The number of ether oxygens (including phenoxy) is 2. The Bertz CT molecular complexity index is 895. The van der Waals surface area contributed by atoms with E-state index in [4.69, 9.17) is 9.47 Å². The molecule has 0 bridgehead atoms. The van der Waals surface area contributed by atoms with Gasteiger partial charge in [0, 0.05) is 30.3 Å². The first-order chi connectivity index (χ1) is 12.7. The molecule has 0 unspecified atom stereocenters. The molecule has 3 heterocycles. The number of benzene rings is 2. The van der Waals surface area contributed by atoms with Crippen LogP contribution in [0.25, 0.3) is 0 Å². The molecule has 5 rings (SSSR count). The van der Waals surface area contributed by atoms with Crippen LogP contribution in [-0.4, -0.2) is 43.0 Å². The molecule has 0 N–H and O–H groups in total. The highest BCUT2D eigenvalue weighted by Crippen LogP contribution is 2.49. The van der Waals surface area contributed by atoms with Gasteiger partial charge < -0.3 is 14.4 Å². The van der Waals surface area contributed by atoms with Crippen molar-refractivity contribution in [2.24, 2.45) is 0 Å². The van der Waals surface area contributed by atoms with Gasteiger partial charge in [0.2, 0.25) is 0 Å². The summed E-state index contributed by atoms with van der Waals surface area (Å²) in [4.78, 5) is 17.3. The summed E-state index contributed by atoms with van der Waals surface area (Å²) < 4.78 is 11.0. The smallest absolute Gasteiger partial charge is 0.255 e. The number of carbonyl (C=O) groups excluding carboxylic acids is 1. The second-order valence-electron chi connectivity index (χ2n) is 7.16. The van der Waals surface area contributed by atoms with Gasteiger partial charge in [-0.15, -0.1) is 0 Å². The van der Waals surface area contributed by atoms with Crippen molar-refractivity contribution in [1.29, 1.82) is 0 Å². The molecule has 0 aromatic heterocycles. The zero-order chi connectivity index (χ0) is 17.8. The van der Waals surface area contributed by atoms with Crippen LogP contribution in [0.15, 0.2) is 36.4 Å². The van der Waals surface area contributed by atoms with Gasteiger partial charge in [-0.3, -0.25) is 9.69 Å². The molecule has 5 nitrogen and oxygen atoms in total. The molecule has 0 spiro atoms. The molecular weight excluding hydrogens is 328 g/mol. The lowest BCUT2D eigenvalue weighted by Crippen LogP contribution is -2.50. The Morgan fingerprint density at radius 1 is 1.00 bits per heavy atom. The second-order valence-corrected chi connectivity index (χ2v) is 7.16. The molecule has 1 saturated heterocycles. The van der Waals surface area contributed by atoms with Gasteiger partial charge in [0.05, 0.1) is 14.2 Å². The van der Waals surface area contributed by atoms with E-state index in [9.17, 15) is 4.79 Å².